The number of nitrogens with zero attached hydrogens (tertiary/aromatic N) is 4. The number of amides is 1. The molecule has 1 unspecified atom stereocenters. The number of carbonyl (C=O) groups is 1. The molecular weight excluding hydrogens is 426 g/mol. The van der Waals surface area contributed by atoms with Gasteiger partial charge in [-0.3, -0.25) is 9.59 Å². The molecule has 32 heavy (non-hydrogen) atoms. The quantitative estimate of drug-likeness (QED) is 0.480. The van der Waals surface area contributed by atoms with Gasteiger partial charge < -0.3 is 5.32 Å². The zero-order valence-electron chi connectivity index (χ0n) is 18.2. The highest BCUT2D eigenvalue weighted by atomic mass is 35.5. The Labute approximate surface area is 190 Å². The molecule has 2 heterocycles. The van der Waals surface area contributed by atoms with Crippen molar-refractivity contribution in [3.63, 3.8) is 0 Å². The maximum Gasteiger partial charge on any atom is 0.295 e. The van der Waals surface area contributed by atoms with Gasteiger partial charge in [0.05, 0.1) is 22.5 Å². The average Bonchev–Trinajstić information content (AvgIpc) is 3.15. The Bertz CT molecular complexity index is 1330. The van der Waals surface area contributed by atoms with Crippen molar-refractivity contribution in [2.45, 2.75) is 39.8 Å². The third-order valence-electron chi connectivity index (χ3n) is 5.51. The van der Waals surface area contributed by atoms with E-state index >= 15 is 0 Å². The van der Waals surface area contributed by atoms with E-state index in [-0.39, 0.29) is 11.5 Å². The second-order valence-corrected chi connectivity index (χ2v) is 8.10. The lowest BCUT2D eigenvalue weighted by Crippen LogP contribution is -2.38. The van der Waals surface area contributed by atoms with Gasteiger partial charge in [0.1, 0.15) is 6.04 Å². The molecule has 164 valence electrons. The zero-order chi connectivity index (χ0) is 22.8. The summed E-state index contributed by atoms with van der Waals surface area (Å²) in [5.41, 5.74) is 3.20. The third kappa shape index (κ3) is 4.03. The Morgan fingerprint density at radius 2 is 1.75 bits per heavy atom. The number of aromatic nitrogens is 4. The smallest absolute Gasteiger partial charge is 0.295 e. The van der Waals surface area contributed by atoms with Crippen LogP contribution in [0.15, 0.2) is 59.4 Å². The molecule has 7 nitrogen and oxygen atoms in total. The van der Waals surface area contributed by atoms with Crippen molar-refractivity contribution in [2.24, 2.45) is 0 Å². The predicted molar refractivity (Wildman–Crippen MR) is 125 cm³/mol. The van der Waals surface area contributed by atoms with E-state index in [1.807, 2.05) is 63.2 Å². The fourth-order valence-corrected chi connectivity index (χ4v) is 3.99. The minimum Gasteiger partial charge on any atom is -0.350 e. The Hall–Kier alpha value is -3.45. The fraction of sp³-hybridized carbons (Fsp3) is 0.250. The first-order valence-electron chi connectivity index (χ1n) is 10.5. The van der Waals surface area contributed by atoms with E-state index in [9.17, 15) is 9.59 Å². The Morgan fingerprint density at radius 3 is 2.41 bits per heavy atom. The van der Waals surface area contributed by atoms with Crippen LogP contribution >= 0.6 is 11.6 Å². The summed E-state index contributed by atoms with van der Waals surface area (Å²) in [6.07, 6.45) is 0.419. The van der Waals surface area contributed by atoms with Crippen molar-refractivity contribution in [1.82, 2.24) is 24.9 Å². The molecule has 8 heteroatoms. The summed E-state index contributed by atoms with van der Waals surface area (Å²) in [6, 6.07) is 16.1. The van der Waals surface area contributed by atoms with Crippen LogP contribution in [-0.4, -0.2) is 25.5 Å². The second-order valence-electron chi connectivity index (χ2n) is 7.66. The number of halogens is 1. The maximum atomic E-state index is 13.3. The molecule has 4 rings (SSSR count). The number of aryl methyl sites for hydroxylation is 2. The highest BCUT2D eigenvalue weighted by Crippen LogP contribution is 2.22. The van der Waals surface area contributed by atoms with E-state index < -0.39 is 6.04 Å². The Kier molecular flexibility index (Phi) is 6.10. The normalized spacial score (nSPS) is 12.1. The molecule has 0 fully saturated rings. The summed E-state index contributed by atoms with van der Waals surface area (Å²) in [6.45, 7) is 5.94. The molecule has 0 aliphatic rings. The molecule has 0 saturated carbocycles. The largest absolute Gasteiger partial charge is 0.350 e. The fourth-order valence-electron chi connectivity index (χ4n) is 3.86. The van der Waals surface area contributed by atoms with Crippen LogP contribution in [0.25, 0.3) is 16.6 Å². The van der Waals surface area contributed by atoms with Gasteiger partial charge in [-0.1, -0.05) is 48.9 Å². The molecule has 1 amide bonds. The number of benzene rings is 2. The zero-order valence-corrected chi connectivity index (χ0v) is 18.9. The number of hydrogen-bond donors (Lipinski definition) is 1. The molecule has 2 aromatic carbocycles. The molecule has 0 spiro atoms. The van der Waals surface area contributed by atoms with E-state index in [1.165, 1.54) is 4.68 Å². The van der Waals surface area contributed by atoms with E-state index in [1.54, 1.807) is 16.8 Å². The Morgan fingerprint density at radius 1 is 1.06 bits per heavy atom. The number of fused-ring (bicyclic) bond motifs is 1. The van der Waals surface area contributed by atoms with E-state index in [4.69, 9.17) is 11.6 Å². The second kappa shape index (κ2) is 8.96. The van der Waals surface area contributed by atoms with Gasteiger partial charge in [0, 0.05) is 11.6 Å². The van der Waals surface area contributed by atoms with Gasteiger partial charge in [-0.05, 0) is 50.1 Å². The van der Waals surface area contributed by atoms with E-state index in [0.29, 0.717) is 34.6 Å². The number of rotatable bonds is 6. The molecule has 2 aromatic heterocycles. The van der Waals surface area contributed by atoms with Crippen LogP contribution in [0.1, 0.15) is 36.3 Å². The monoisotopic (exact) mass is 449 g/mol. The first-order chi connectivity index (χ1) is 15.4. The summed E-state index contributed by atoms with van der Waals surface area (Å²) in [7, 11) is 0. The average molecular weight is 450 g/mol. The standard InChI is InChI=1S/C24H24ClN5O2/c1-4-20(23(31)26-14-17-10-12-18(25)13-11-17)30-24(32)22-21(15(2)27-30)16(3)29(28-22)19-8-6-5-7-9-19/h5-13,20H,4,14H2,1-3H3,(H,26,31). The number of nitrogens with one attached hydrogen (secondary N) is 1. The van der Waals surface area contributed by atoms with Crippen molar-refractivity contribution in [3.05, 3.63) is 86.9 Å². The molecule has 1 atom stereocenters. The van der Waals surface area contributed by atoms with Crippen LogP contribution in [0.3, 0.4) is 0 Å². The van der Waals surface area contributed by atoms with Crippen LogP contribution < -0.4 is 10.9 Å². The number of carbonyl (C=O) groups excluding carboxylic acids is 1. The van der Waals surface area contributed by atoms with Gasteiger partial charge in [-0.15, -0.1) is 0 Å². The highest BCUT2D eigenvalue weighted by molar-refractivity contribution is 6.30. The van der Waals surface area contributed by atoms with Gasteiger partial charge in [0.15, 0.2) is 5.52 Å². The molecule has 0 saturated heterocycles. The van der Waals surface area contributed by atoms with Crippen molar-refractivity contribution in [3.8, 4) is 5.69 Å². The van der Waals surface area contributed by atoms with Crippen LogP contribution in [0, 0.1) is 13.8 Å². The van der Waals surface area contributed by atoms with Crippen molar-refractivity contribution in [1.29, 1.82) is 0 Å². The van der Waals surface area contributed by atoms with Gasteiger partial charge in [-0.25, -0.2) is 9.36 Å². The molecule has 0 aliphatic heterocycles. The van der Waals surface area contributed by atoms with Crippen molar-refractivity contribution in [2.75, 3.05) is 0 Å². The van der Waals surface area contributed by atoms with Gasteiger partial charge in [0.2, 0.25) is 5.91 Å². The van der Waals surface area contributed by atoms with Crippen LogP contribution in [-0.2, 0) is 11.3 Å². The lowest BCUT2D eigenvalue weighted by atomic mass is 10.1. The van der Waals surface area contributed by atoms with Crippen molar-refractivity contribution < 1.29 is 4.79 Å². The summed E-state index contributed by atoms with van der Waals surface area (Å²) in [4.78, 5) is 26.3. The third-order valence-corrected chi connectivity index (χ3v) is 5.76. The van der Waals surface area contributed by atoms with Gasteiger partial charge in [0.25, 0.3) is 5.56 Å². The molecule has 4 aromatic rings. The minimum absolute atomic E-state index is 0.269. The SMILES string of the molecule is CCC(C(=O)NCc1ccc(Cl)cc1)n1nc(C)c2c(C)n(-c3ccccc3)nc2c1=O. The molecular formula is C24H24ClN5O2. The maximum absolute atomic E-state index is 13.3. The first kappa shape index (κ1) is 21.8. The van der Waals surface area contributed by atoms with Crippen LogP contribution in [0.4, 0.5) is 0 Å². The molecule has 0 bridgehead atoms. The van der Waals surface area contributed by atoms with Gasteiger partial charge in [-0.2, -0.15) is 10.2 Å². The van der Waals surface area contributed by atoms with Crippen LogP contribution in [0.5, 0.6) is 0 Å². The van der Waals surface area contributed by atoms with Crippen molar-refractivity contribution >= 4 is 28.4 Å². The summed E-state index contributed by atoms with van der Waals surface area (Å²) in [5, 5.41) is 13.3. The summed E-state index contributed by atoms with van der Waals surface area (Å²) in [5.74, 6) is -0.269. The topological polar surface area (TPSA) is 81.8 Å². The first-order valence-corrected chi connectivity index (χ1v) is 10.8. The number of hydrogen-bond acceptors (Lipinski definition) is 4. The predicted octanol–water partition coefficient (Wildman–Crippen LogP) is 4.12. The van der Waals surface area contributed by atoms with E-state index in [2.05, 4.69) is 15.5 Å². The van der Waals surface area contributed by atoms with Gasteiger partial charge >= 0.3 is 0 Å². The lowest BCUT2D eigenvalue weighted by Gasteiger charge is -2.17. The summed E-state index contributed by atoms with van der Waals surface area (Å²) >= 11 is 5.92. The van der Waals surface area contributed by atoms with E-state index in [0.717, 1.165) is 16.9 Å². The molecule has 0 radical (unpaired) electrons. The minimum atomic E-state index is -0.736. The lowest BCUT2D eigenvalue weighted by molar-refractivity contribution is -0.125. The number of para-hydroxylation sites is 1. The summed E-state index contributed by atoms with van der Waals surface area (Å²) < 4.78 is 3.00. The van der Waals surface area contributed by atoms with Crippen LogP contribution in [0.2, 0.25) is 5.02 Å². The Balaban J connectivity index is 1.69. The molecule has 0 aliphatic carbocycles. The highest BCUT2D eigenvalue weighted by Gasteiger charge is 2.25. The molecule has 1 N–H and O–H groups in total.